The van der Waals surface area contributed by atoms with Gasteiger partial charge in [-0.15, -0.1) is 0 Å². The van der Waals surface area contributed by atoms with Crippen LogP contribution in [-0.2, 0) is 80.0 Å². The molecule has 0 heterocycles. The maximum Gasteiger partial charge on any atom is 0.407 e. The van der Waals surface area contributed by atoms with E-state index >= 15 is 0 Å². The van der Waals surface area contributed by atoms with E-state index in [1.54, 1.807) is 0 Å². The smallest absolute Gasteiger partial charge is 0.407 e. The molecule has 14 N–H and O–H groups in total. The van der Waals surface area contributed by atoms with Crippen LogP contribution in [0.25, 0.3) is 0 Å². The molecule has 0 radical (unpaired) electrons. The number of rotatable bonds is 41. The number of amides is 5. The summed E-state index contributed by atoms with van der Waals surface area (Å²) in [6, 6.07) is 81.9. The zero-order chi connectivity index (χ0) is 83.9. The van der Waals surface area contributed by atoms with Gasteiger partial charge >= 0.3 is 18.2 Å². The van der Waals surface area contributed by atoms with Crippen LogP contribution >= 0.6 is 0 Å². The van der Waals surface area contributed by atoms with Gasteiger partial charge in [0.15, 0.2) is 0 Å². The number of hydrogen-bond donors (Lipinski definition) is 10. The molecule has 0 aromatic heterocycles. The summed E-state index contributed by atoms with van der Waals surface area (Å²) >= 11 is 0. The Morgan fingerprint density at radius 3 is 0.687 bits per heavy atom. The highest BCUT2D eigenvalue weighted by molar-refractivity contribution is 5.80. The molecule has 5 amide bonds. The van der Waals surface area contributed by atoms with E-state index in [1.807, 2.05) is 177 Å². The fourth-order valence-electron chi connectivity index (χ4n) is 12.2. The second-order valence-corrected chi connectivity index (χ2v) is 32.1. The Hall–Kier alpha value is -9.98. The minimum absolute atomic E-state index is 0.0228. The Morgan fingerprint density at radius 1 is 0.296 bits per heavy atom. The van der Waals surface area contributed by atoms with Crippen LogP contribution in [-0.4, -0.2) is 111 Å². The molecule has 18 nitrogen and oxygen atoms in total. The van der Waals surface area contributed by atoms with Crippen LogP contribution in [0.3, 0.4) is 0 Å². The number of nitrogens with two attached hydrogens (primary N) is 4. The largest absolute Gasteiger partial charge is 0.481 e. The standard InChI is InChI=1S/C27H38N2O3.C22H30N2O.C21H29N3O.C18H20O2.C9H20N2O2/c1-21(20-29-26(31)32-27(2,3)4)19-28-25(30)24(17-15-22-11-7-5-8-12-22)18-16-23-13-9-6-10-14-23;1-18(16-23)17-24-22(25)21(14-12-19-8-4-2-5-9-19)15-13-20-10-6-3-7-11-20;22-15-20(23)16-24-21(25)19(13-11-17-7-3-1-4-8-17)14-12-18-9-5-2-6-10-18;19-18(20)17(13-11-15-7-3-1-4-8-15)14-12-16-9-5-2-6-10-16;1-7(5-10)6-11-8(12)13-9(2,3)4/h5-14,21,24H,15-20H2,1-4H3,(H,28,30)(H,29,31);2-11,18,21H,12-17,23H2,1H3,(H,24,25);1-10,19-20H,11-16,22-23H2,(H,24,25);1-10,17H,11-14H2,(H,19,20);7H,5-6,10H2,1-4H3,(H,11,12)/t21-;18-;20-;;7-/m100.1/s1. The summed E-state index contributed by atoms with van der Waals surface area (Å²) in [7, 11) is 0. The van der Waals surface area contributed by atoms with Crippen LogP contribution < -0.4 is 49.5 Å². The molecule has 8 aromatic rings. The van der Waals surface area contributed by atoms with E-state index < -0.39 is 23.3 Å². The number of benzene rings is 8. The zero-order valence-corrected chi connectivity index (χ0v) is 70.2. The van der Waals surface area contributed by atoms with Crippen molar-refractivity contribution in [2.45, 2.75) is 182 Å². The maximum absolute atomic E-state index is 13.0. The molecule has 0 aliphatic heterocycles. The van der Waals surface area contributed by atoms with Crippen LogP contribution in [0.5, 0.6) is 0 Å². The van der Waals surface area contributed by atoms with Gasteiger partial charge in [0, 0.05) is 63.1 Å². The monoisotopic (exact) mass is 1570 g/mol. The second-order valence-electron chi connectivity index (χ2n) is 32.1. The predicted molar refractivity (Wildman–Crippen MR) is 470 cm³/mol. The van der Waals surface area contributed by atoms with Crippen molar-refractivity contribution in [1.29, 1.82) is 0 Å². The number of carboxylic acids is 1. The first-order valence-electron chi connectivity index (χ1n) is 41.4. The van der Waals surface area contributed by atoms with Crippen molar-refractivity contribution in [1.82, 2.24) is 26.6 Å². The summed E-state index contributed by atoms with van der Waals surface area (Å²) in [5, 5.41) is 23.9. The lowest BCUT2D eigenvalue weighted by atomic mass is 9.92. The molecule has 0 fully saturated rings. The van der Waals surface area contributed by atoms with Crippen molar-refractivity contribution < 1.29 is 43.3 Å². The van der Waals surface area contributed by atoms with Gasteiger partial charge < -0.3 is 64.1 Å². The highest BCUT2D eigenvalue weighted by Crippen LogP contribution is 2.23. The van der Waals surface area contributed by atoms with Crippen molar-refractivity contribution in [2.75, 3.05) is 52.4 Å². The number of nitrogens with one attached hydrogen (secondary N) is 5. The quantitative estimate of drug-likeness (QED) is 0.0171. The van der Waals surface area contributed by atoms with E-state index in [1.165, 1.54) is 44.5 Å². The minimum atomic E-state index is -0.683. The van der Waals surface area contributed by atoms with Gasteiger partial charge in [0.2, 0.25) is 17.7 Å². The highest BCUT2D eigenvalue weighted by atomic mass is 16.6. The number of carbonyl (C=O) groups is 6. The van der Waals surface area contributed by atoms with Gasteiger partial charge in [-0.25, -0.2) is 9.59 Å². The normalized spacial score (nSPS) is 12.1. The van der Waals surface area contributed by atoms with E-state index in [4.69, 9.17) is 32.4 Å². The molecule has 0 bridgehead atoms. The van der Waals surface area contributed by atoms with Crippen LogP contribution in [0.2, 0.25) is 0 Å². The molecule has 0 saturated heterocycles. The third-order valence-electron chi connectivity index (χ3n) is 19.3. The third kappa shape index (κ3) is 47.5. The van der Waals surface area contributed by atoms with Gasteiger partial charge in [0.25, 0.3) is 0 Å². The first-order valence-corrected chi connectivity index (χ1v) is 41.4. The van der Waals surface area contributed by atoms with Crippen LogP contribution in [0, 0.1) is 41.4 Å². The topological polar surface area (TPSA) is 305 Å². The van der Waals surface area contributed by atoms with E-state index in [0.717, 1.165) is 89.9 Å². The molecule has 115 heavy (non-hydrogen) atoms. The number of carboxylic acid groups (broad SMARTS) is 1. The Morgan fingerprint density at radius 2 is 0.487 bits per heavy atom. The van der Waals surface area contributed by atoms with Gasteiger partial charge in [-0.3, -0.25) is 19.2 Å². The van der Waals surface area contributed by atoms with Crippen molar-refractivity contribution in [2.24, 2.45) is 64.4 Å². The lowest BCUT2D eigenvalue weighted by Gasteiger charge is -2.22. The van der Waals surface area contributed by atoms with Crippen LogP contribution in [0.1, 0.15) is 158 Å². The number of hydrogen-bond acceptors (Lipinski definition) is 12. The van der Waals surface area contributed by atoms with E-state index in [9.17, 15) is 33.9 Å². The Labute approximate surface area is 688 Å². The zero-order valence-electron chi connectivity index (χ0n) is 70.2. The number of alkyl carbamates (subject to hydrolysis) is 2. The first kappa shape index (κ1) is 97.4. The lowest BCUT2D eigenvalue weighted by molar-refractivity contribution is -0.142. The van der Waals surface area contributed by atoms with E-state index in [0.29, 0.717) is 71.1 Å². The van der Waals surface area contributed by atoms with Crippen LogP contribution in [0.15, 0.2) is 243 Å². The minimum Gasteiger partial charge on any atom is -0.481 e. The Kier molecular flexibility index (Phi) is 48.4. The summed E-state index contributed by atoms with van der Waals surface area (Å²) in [6.07, 6.45) is 12.7. The van der Waals surface area contributed by atoms with Gasteiger partial charge in [0.1, 0.15) is 11.2 Å². The first-order chi connectivity index (χ1) is 55.2. The lowest BCUT2D eigenvalue weighted by Crippen LogP contribution is -2.43. The third-order valence-corrected chi connectivity index (χ3v) is 19.3. The van der Waals surface area contributed by atoms with Gasteiger partial charge in [-0.1, -0.05) is 263 Å². The molecular weight excluding hydrogens is 1440 g/mol. The average molecular weight is 1570 g/mol. The summed E-state index contributed by atoms with van der Waals surface area (Å²) in [4.78, 5) is 72.5. The molecule has 0 aliphatic rings. The van der Waals surface area contributed by atoms with Gasteiger partial charge in [0.05, 0.1) is 5.92 Å². The van der Waals surface area contributed by atoms with Gasteiger partial charge in [-0.2, -0.15) is 0 Å². The molecule has 0 saturated carbocycles. The number of aryl methyl sites for hydroxylation is 8. The fourth-order valence-corrected chi connectivity index (χ4v) is 12.2. The SMILES string of the molecule is C[C@@H](CN)CNC(=O)C(CCc1ccccc1)CCc1ccccc1.C[C@@H](CNC(=O)OC(C)(C)C)CNC(=O)C(CCc1ccccc1)CCc1ccccc1.C[C@H](CN)CNC(=O)OC(C)(C)C.NC[C@H](N)CNC(=O)C(CCc1ccccc1)CCc1ccccc1.O=C(O)C(CCc1ccccc1)CCc1ccccc1. The number of ether oxygens (including phenoxy) is 2. The molecule has 624 valence electrons. The summed E-state index contributed by atoms with van der Waals surface area (Å²) < 4.78 is 10.3. The molecule has 0 aliphatic carbocycles. The predicted octanol–water partition coefficient (Wildman–Crippen LogP) is 16.1. The van der Waals surface area contributed by atoms with Crippen molar-refractivity contribution in [3.05, 3.63) is 287 Å². The summed E-state index contributed by atoms with van der Waals surface area (Å²) in [6.45, 7) is 21.2. The Bertz CT molecular complexity index is 3570. The molecule has 4 atom stereocenters. The maximum atomic E-state index is 13.0. The second kappa shape index (κ2) is 57.1. The van der Waals surface area contributed by atoms with E-state index in [-0.39, 0.29) is 65.4 Å². The molecule has 8 aromatic carbocycles. The Balaban J connectivity index is 0.000000310. The van der Waals surface area contributed by atoms with Crippen molar-refractivity contribution >= 4 is 35.9 Å². The van der Waals surface area contributed by atoms with Gasteiger partial charge in [-0.05, 0) is 220 Å². The average Bonchev–Trinajstić information content (AvgIpc) is 0.911. The molecular formula is C97H137N9O9. The molecule has 0 spiro atoms. The highest BCUT2D eigenvalue weighted by Gasteiger charge is 2.24. The van der Waals surface area contributed by atoms with Crippen molar-refractivity contribution in [3.8, 4) is 0 Å². The molecule has 0 unspecified atom stereocenters. The van der Waals surface area contributed by atoms with Crippen molar-refractivity contribution in [3.63, 3.8) is 0 Å². The summed E-state index contributed by atoms with van der Waals surface area (Å²) in [5.74, 6) is 0.0316. The number of carbonyl (C=O) groups excluding carboxylic acids is 5. The van der Waals surface area contributed by atoms with Crippen LogP contribution in [0.4, 0.5) is 9.59 Å². The van der Waals surface area contributed by atoms with E-state index in [2.05, 4.69) is 155 Å². The fraction of sp³-hybridized carbons (Fsp3) is 0.443. The number of aliphatic carboxylic acids is 1. The summed E-state index contributed by atoms with van der Waals surface area (Å²) in [5.41, 5.74) is 31.4. The molecule has 8 rings (SSSR count). The molecule has 18 heteroatoms.